The molecule has 2 aromatic rings. The van der Waals surface area contributed by atoms with Gasteiger partial charge in [0.1, 0.15) is 0 Å². The largest absolute Gasteiger partial charge is 0.372 e. The summed E-state index contributed by atoms with van der Waals surface area (Å²) in [5, 5.41) is 0. The number of nitrogens with zero attached hydrogens (tertiary/aromatic N) is 2. The van der Waals surface area contributed by atoms with E-state index in [0.29, 0.717) is 0 Å². The van der Waals surface area contributed by atoms with Crippen molar-refractivity contribution in [2.75, 3.05) is 38.6 Å². The topological polar surface area (TPSA) is 6.48 Å². The minimum atomic E-state index is 1.08. The van der Waals surface area contributed by atoms with Crippen molar-refractivity contribution < 1.29 is 0 Å². The van der Waals surface area contributed by atoms with Crippen LogP contribution < -0.4 is 4.90 Å². The first-order valence-electron chi connectivity index (χ1n) is 9.74. The Bertz CT molecular complexity index is 804. The fourth-order valence-corrected chi connectivity index (χ4v) is 4.98. The van der Waals surface area contributed by atoms with E-state index in [1.54, 1.807) is 0 Å². The Labute approximate surface area is 161 Å². The third-order valence-electron chi connectivity index (χ3n) is 5.30. The molecule has 0 amide bonds. The Morgan fingerprint density at radius 3 is 2.54 bits per heavy atom. The molecular weight excluding hydrogens is 336 g/mol. The average Bonchev–Trinajstić information content (AvgIpc) is 2.67. The Hall–Kier alpha value is -1.71. The summed E-state index contributed by atoms with van der Waals surface area (Å²) < 4.78 is 0. The number of piperidine rings is 1. The lowest BCUT2D eigenvalue weighted by Crippen LogP contribution is -2.29. The van der Waals surface area contributed by atoms with Crippen molar-refractivity contribution in [2.24, 2.45) is 0 Å². The van der Waals surface area contributed by atoms with Crippen LogP contribution in [0.25, 0.3) is 5.57 Å². The van der Waals surface area contributed by atoms with Crippen molar-refractivity contribution in [3.05, 3.63) is 59.7 Å². The van der Waals surface area contributed by atoms with E-state index < -0.39 is 0 Å². The lowest BCUT2D eigenvalue weighted by atomic mass is 9.95. The molecule has 2 aromatic carbocycles. The SMILES string of the molecule is CN(C)CC/C=C1/c2ccccc2Sc2ccc(N3CCCCC3)cc21. The molecular formula is C23H28N2S. The first kappa shape index (κ1) is 17.7. The highest BCUT2D eigenvalue weighted by molar-refractivity contribution is 7.99. The summed E-state index contributed by atoms with van der Waals surface area (Å²) in [6.45, 7) is 3.48. The number of hydrogen-bond donors (Lipinski definition) is 0. The second-order valence-electron chi connectivity index (χ2n) is 7.54. The summed E-state index contributed by atoms with van der Waals surface area (Å²) in [6, 6.07) is 15.9. The van der Waals surface area contributed by atoms with Crippen molar-refractivity contribution in [3.8, 4) is 0 Å². The van der Waals surface area contributed by atoms with Crippen molar-refractivity contribution in [3.63, 3.8) is 0 Å². The van der Waals surface area contributed by atoms with Gasteiger partial charge >= 0.3 is 0 Å². The maximum atomic E-state index is 2.56. The highest BCUT2D eigenvalue weighted by Gasteiger charge is 2.22. The Morgan fingerprint density at radius 1 is 0.962 bits per heavy atom. The summed E-state index contributed by atoms with van der Waals surface area (Å²) >= 11 is 1.91. The van der Waals surface area contributed by atoms with Crippen molar-refractivity contribution >= 4 is 23.0 Å². The molecule has 0 radical (unpaired) electrons. The zero-order valence-corrected chi connectivity index (χ0v) is 16.7. The van der Waals surface area contributed by atoms with Gasteiger partial charge in [-0.15, -0.1) is 0 Å². The van der Waals surface area contributed by atoms with Gasteiger partial charge in [0, 0.05) is 35.1 Å². The van der Waals surface area contributed by atoms with Crippen LogP contribution in [-0.2, 0) is 0 Å². The molecule has 0 spiro atoms. The minimum absolute atomic E-state index is 1.08. The first-order valence-corrected chi connectivity index (χ1v) is 10.6. The summed E-state index contributed by atoms with van der Waals surface area (Å²) in [7, 11) is 4.29. The van der Waals surface area contributed by atoms with Crippen LogP contribution >= 0.6 is 11.8 Å². The molecule has 3 heteroatoms. The minimum Gasteiger partial charge on any atom is -0.372 e. The lowest BCUT2D eigenvalue weighted by molar-refractivity contribution is 0.417. The third-order valence-corrected chi connectivity index (χ3v) is 6.45. The van der Waals surface area contributed by atoms with Crippen LogP contribution in [0.15, 0.2) is 58.3 Å². The molecule has 26 heavy (non-hydrogen) atoms. The highest BCUT2D eigenvalue weighted by Crippen LogP contribution is 2.46. The molecule has 2 aliphatic heterocycles. The van der Waals surface area contributed by atoms with Crippen LogP contribution in [0.1, 0.15) is 36.8 Å². The highest BCUT2D eigenvalue weighted by atomic mass is 32.2. The van der Waals surface area contributed by atoms with Crippen molar-refractivity contribution in [1.82, 2.24) is 4.90 Å². The molecule has 1 fully saturated rings. The van der Waals surface area contributed by atoms with E-state index in [-0.39, 0.29) is 0 Å². The smallest absolute Gasteiger partial charge is 0.0373 e. The van der Waals surface area contributed by atoms with Crippen LogP contribution in [0.3, 0.4) is 0 Å². The molecule has 4 rings (SSSR count). The van der Waals surface area contributed by atoms with Crippen LogP contribution in [0.4, 0.5) is 5.69 Å². The number of anilines is 1. The fraction of sp³-hybridized carbons (Fsp3) is 0.391. The molecule has 2 aliphatic rings. The summed E-state index contributed by atoms with van der Waals surface area (Å²) in [5.74, 6) is 0. The number of fused-ring (bicyclic) bond motifs is 2. The fourth-order valence-electron chi connectivity index (χ4n) is 3.89. The van der Waals surface area contributed by atoms with E-state index in [1.807, 2.05) is 11.8 Å². The van der Waals surface area contributed by atoms with E-state index in [4.69, 9.17) is 0 Å². The molecule has 0 bridgehead atoms. The first-order chi connectivity index (χ1) is 12.7. The van der Waals surface area contributed by atoms with Crippen LogP contribution in [0.2, 0.25) is 0 Å². The number of rotatable bonds is 4. The molecule has 0 aromatic heterocycles. The van der Waals surface area contributed by atoms with E-state index >= 15 is 0 Å². The molecule has 0 aliphatic carbocycles. The molecule has 0 N–H and O–H groups in total. The van der Waals surface area contributed by atoms with Gasteiger partial charge in [-0.3, -0.25) is 0 Å². The quantitative estimate of drug-likeness (QED) is 0.601. The average molecular weight is 365 g/mol. The Balaban J connectivity index is 1.72. The number of benzene rings is 2. The molecule has 136 valence electrons. The maximum absolute atomic E-state index is 2.56. The van der Waals surface area contributed by atoms with Gasteiger partial charge in [-0.05, 0) is 80.7 Å². The van der Waals surface area contributed by atoms with Gasteiger partial charge in [-0.1, -0.05) is 36.0 Å². The summed E-state index contributed by atoms with van der Waals surface area (Å²) in [5.41, 5.74) is 5.60. The van der Waals surface area contributed by atoms with E-state index in [9.17, 15) is 0 Å². The van der Waals surface area contributed by atoms with Gasteiger partial charge in [0.2, 0.25) is 0 Å². The predicted molar refractivity (Wildman–Crippen MR) is 113 cm³/mol. The molecule has 0 atom stereocenters. The van der Waals surface area contributed by atoms with Gasteiger partial charge in [0.05, 0.1) is 0 Å². The molecule has 1 saturated heterocycles. The lowest BCUT2D eigenvalue weighted by Gasteiger charge is -2.31. The van der Waals surface area contributed by atoms with Crippen LogP contribution in [-0.4, -0.2) is 38.6 Å². The molecule has 2 heterocycles. The molecule has 0 unspecified atom stereocenters. The Kier molecular flexibility index (Phi) is 5.37. The zero-order valence-electron chi connectivity index (χ0n) is 15.9. The van der Waals surface area contributed by atoms with Gasteiger partial charge in [-0.2, -0.15) is 0 Å². The van der Waals surface area contributed by atoms with E-state index in [1.165, 1.54) is 64.5 Å². The molecule has 2 nitrogen and oxygen atoms in total. The zero-order chi connectivity index (χ0) is 17.9. The van der Waals surface area contributed by atoms with Gasteiger partial charge in [0.25, 0.3) is 0 Å². The predicted octanol–water partition coefficient (Wildman–Crippen LogP) is 5.52. The van der Waals surface area contributed by atoms with Crippen LogP contribution in [0, 0.1) is 0 Å². The third kappa shape index (κ3) is 3.70. The van der Waals surface area contributed by atoms with Crippen molar-refractivity contribution in [2.45, 2.75) is 35.5 Å². The maximum Gasteiger partial charge on any atom is 0.0373 e. The van der Waals surface area contributed by atoms with Gasteiger partial charge < -0.3 is 9.80 Å². The second-order valence-corrected chi connectivity index (χ2v) is 8.62. The van der Waals surface area contributed by atoms with Gasteiger partial charge in [-0.25, -0.2) is 0 Å². The number of hydrogen-bond acceptors (Lipinski definition) is 3. The standard InChI is InChI=1S/C23H28N2S/c1-24(2)14-8-10-19-20-9-4-5-11-22(20)26-23-13-12-18(17-21(19)23)25-15-6-3-7-16-25/h4-5,9-13,17H,3,6-8,14-16H2,1-2H3/b19-10-. The summed E-state index contributed by atoms with van der Waals surface area (Å²) in [6.07, 6.45) is 7.53. The van der Waals surface area contributed by atoms with E-state index in [0.717, 1.165) is 13.0 Å². The van der Waals surface area contributed by atoms with Crippen molar-refractivity contribution in [1.29, 1.82) is 0 Å². The van der Waals surface area contributed by atoms with Gasteiger partial charge in [0.15, 0.2) is 0 Å². The second kappa shape index (κ2) is 7.89. The Morgan fingerprint density at radius 2 is 1.73 bits per heavy atom. The summed E-state index contributed by atoms with van der Waals surface area (Å²) in [4.78, 5) is 7.58. The monoisotopic (exact) mass is 364 g/mol. The normalized spacial score (nSPS) is 18.1. The van der Waals surface area contributed by atoms with E-state index in [2.05, 4.69) is 72.4 Å². The molecule has 0 saturated carbocycles. The van der Waals surface area contributed by atoms with Crippen LogP contribution in [0.5, 0.6) is 0 Å².